The Hall–Kier alpha value is -1.17. The summed E-state index contributed by atoms with van der Waals surface area (Å²) in [7, 11) is 1.41. The zero-order valence-electron chi connectivity index (χ0n) is 18.6. The molecule has 0 radical (unpaired) electrons. The highest BCUT2D eigenvalue weighted by atomic mass is 16.5. The summed E-state index contributed by atoms with van der Waals surface area (Å²) in [4.78, 5) is 11.1. The van der Waals surface area contributed by atoms with Gasteiger partial charge in [-0.25, -0.2) is 0 Å². The van der Waals surface area contributed by atoms with Crippen molar-refractivity contribution in [3.63, 3.8) is 0 Å². The number of aliphatic hydroxyl groups excluding tert-OH is 2. The molecule has 1 saturated carbocycles. The van der Waals surface area contributed by atoms with Crippen LogP contribution in [-0.2, 0) is 9.53 Å². The van der Waals surface area contributed by atoms with E-state index in [1.807, 2.05) is 19.1 Å². The minimum Gasteiger partial charge on any atom is -0.469 e. The standard InChI is InChI=1S/C24H42O5/c1-4-5-12-16-24(2,28)17-15-20-19(21(25)18-22(20)26)13-10-8-6-7-9-11-14-23(27)29-3/h8,10,15,17,19-22,25-26,28H,4-7,9,11-14,16,18H2,1-3H3/b10-8-,17-15+/t19-,20-,21+,22-,24?/m1/s1. The summed E-state index contributed by atoms with van der Waals surface area (Å²) >= 11 is 0. The number of rotatable bonds is 14. The molecule has 0 aromatic carbocycles. The van der Waals surface area contributed by atoms with Crippen molar-refractivity contribution in [2.24, 2.45) is 11.8 Å². The predicted molar refractivity (Wildman–Crippen MR) is 116 cm³/mol. The van der Waals surface area contributed by atoms with Gasteiger partial charge in [0.25, 0.3) is 0 Å². The van der Waals surface area contributed by atoms with Crippen molar-refractivity contribution in [2.45, 2.75) is 102 Å². The Morgan fingerprint density at radius 2 is 1.86 bits per heavy atom. The van der Waals surface area contributed by atoms with Crippen LogP contribution in [0.15, 0.2) is 24.3 Å². The number of allylic oxidation sites excluding steroid dienone is 2. The molecule has 1 aliphatic carbocycles. The summed E-state index contributed by atoms with van der Waals surface area (Å²) in [6.07, 6.45) is 16.1. The molecule has 5 atom stereocenters. The molecule has 1 rings (SSSR count). The lowest BCUT2D eigenvalue weighted by Crippen LogP contribution is -2.24. The van der Waals surface area contributed by atoms with Gasteiger partial charge in [0.15, 0.2) is 0 Å². The van der Waals surface area contributed by atoms with Crippen LogP contribution in [0.2, 0.25) is 0 Å². The summed E-state index contributed by atoms with van der Waals surface area (Å²) in [5.74, 6) is -0.312. The van der Waals surface area contributed by atoms with Gasteiger partial charge in [-0.05, 0) is 44.9 Å². The molecular formula is C24H42O5. The van der Waals surface area contributed by atoms with E-state index in [1.54, 1.807) is 0 Å². The number of methoxy groups -OCH3 is 1. The molecule has 1 fully saturated rings. The van der Waals surface area contributed by atoms with E-state index in [0.29, 0.717) is 25.7 Å². The van der Waals surface area contributed by atoms with E-state index in [2.05, 4.69) is 23.8 Å². The fourth-order valence-electron chi connectivity index (χ4n) is 4.02. The van der Waals surface area contributed by atoms with Gasteiger partial charge in [-0.15, -0.1) is 0 Å². The Balaban J connectivity index is 2.43. The molecule has 3 N–H and O–H groups in total. The van der Waals surface area contributed by atoms with Crippen LogP contribution in [0.3, 0.4) is 0 Å². The minimum atomic E-state index is -0.868. The molecule has 0 aliphatic heterocycles. The van der Waals surface area contributed by atoms with Crippen LogP contribution in [0.1, 0.15) is 84.5 Å². The highest BCUT2D eigenvalue weighted by Gasteiger charge is 2.39. The average molecular weight is 411 g/mol. The Bertz CT molecular complexity index is 511. The molecule has 0 amide bonds. The first-order valence-electron chi connectivity index (χ1n) is 11.3. The third-order valence-corrected chi connectivity index (χ3v) is 5.93. The molecule has 0 aromatic rings. The fraction of sp³-hybridized carbons (Fsp3) is 0.792. The minimum absolute atomic E-state index is 0.0248. The normalized spacial score (nSPS) is 27.0. The van der Waals surface area contributed by atoms with E-state index in [-0.39, 0.29) is 17.8 Å². The number of esters is 1. The van der Waals surface area contributed by atoms with E-state index in [0.717, 1.165) is 44.9 Å². The summed E-state index contributed by atoms with van der Waals surface area (Å²) in [6, 6.07) is 0. The van der Waals surface area contributed by atoms with Crippen molar-refractivity contribution < 1.29 is 24.9 Å². The van der Waals surface area contributed by atoms with E-state index in [9.17, 15) is 20.1 Å². The van der Waals surface area contributed by atoms with Gasteiger partial charge in [0, 0.05) is 18.8 Å². The molecule has 5 nitrogen and oxygen atoms in total. The van der Waals surface area contributed by atoms with Gasteiger partial charge < -0.3 is 20.1 Å². The molecule has 1 aliphatic rings. The second kappa shape index (κ2) is 13.9. The second-order valence-corrected chi connectivity index (χ2v) is 8.67. The Labute approximate surface area is 176 Å². The quantitative estimate of drug-likeness (QED) is 0.226. The molecule has 0 saturated heterocycles. The van der Waals surface area contributed by atoms with Crippen LogP contribution < -0.4 is 0 Å². The van der Waals surface area contributed by atoms with Crippen LogP contribution in [0.4, 0.5) is 0 Å². The number of hydrogen-bond acceptors (Lipinski definition) is 5. The number of aliphatic hydroxyl groups is 3. The summed E-state index contributed by atoms with van der Waals surface area (Å²) in [5.41, 5.74) is -0.868. The number of ether oxygens (including phenoxy) is 1. The molecule has 1 unspecified atom stereocenters. The third kappa shape index (κ3) is 10.4. The van der Waals surface area contributed by atoms with Gasteiger partial charge >= 0.3 is 5.97 Å². The Morgan fingerprint density at radius 1 is 1.10 bits per heavy atom. The van der Waals surface area contributed by atoms with E-state index in [1.165, 1.54) is 7.11 Å². The Kier molecular flexibility index (Phi) is 12.4. The topological polar surface area (TPSA) is 87.0 Å². The maximum Gasteiger partial charge on any atom is 0.305 e. The first kappa shape index (κ1) is 25.9. The van der Waals surface area contributed by atoms with Crippen LogP contribution in [-0.4, -0.2) is 46.2 Å². The molecular weight excluding hydrogens is 368 g/mol. The monoisotopic (exact) mass is 410 g/mol. The summed E-state index contributed by atoms with van der Waals surface area (Å²) in [6.45, 7) is 3.95. The van der Waals surface area contributed by atoms with Crippen molar-refractivity contribution in [1.82, 2.24) is 0 Å². The summed E-state index contributed by atoms with van der Waals surface area (Å²) in [5, 5.41) is 31.2. The second-order valence-electron chi connectivity index (χ2n) is 8.67. The van der Waals surface area contributed by atoms with Crippen molar-refractivity contribution in [1.29, 1.82) is 0 Å². The van der Waals surface area contributed by atoms with E-state index in [4.69, 9.17) is 0 Å². The molecule has 0 heterocycles. The first-order chi connectivity index (χ1) is 13.8. The van der Waals surface area contributed by atoms with Gasteiger partial charge in [0.1, 0.15) is 0 Å². The van der Waals surface area contributed by atoms with E-state index >= 15 is 0 Å². The third-order valence-electron chi connectivity index (χ3n) is 5.93. The molecule has 0 bridgehead atoms. The maximum atomic E-state index is 11.1. The lowest BCUT2D eigenvalue weighted by molar-refractivity contribution is -0.140. The highest BCUT2D eigenvalue weighted by Crippen LogP contribution is 2.37. The first-order valence-corrected chi connectivity index (χ1v) is 11.3. The number of carbonyl (C=O) groups excluding carboxylic acids is 1. The fourth-order valence-corrected chi connectivity index (χ4v) is 4.02. The molecule has 0 aromatic heterocycles. The largest absolute Gasteiger partial charge is 0.469 e. The molecule has 29 heavy (non-hydrogen) atoms. The number of unbranched alkanes of at least 4 members (excludes halogenated alkanes) is 5. The van der Waals surface area contributed by atoms with Gasteiger partial charge in [-0.2, -0.15) is 0 Å². The SMILES string of the molecule is CCCCCC(C)(O)/C=C/[C@@H]1[C@@H](C/C=C\CCCCCC(=O)OC)[C@@H](O)C[C@H]1O. The predicted octanol–water partition coefficient (Wildman–Crippen LogP) is 4.30. The molecule has 168 valence electrons. The zero-order valence-corrected chi connectivity index (χ0v) is 18.6. The highest BCUT2D eigenvalue weighted by molar-refractivity contribution is 5.68. The van der Waals surface area contributed by atoms with Crippen LogP contribution in [0.25, 0.3) is 0 Å². The molecule has 5 heteroatoms. The smallest absolute Gasteiger partial charge is 0.305 e. The maximum absolute atomic E-state index is 11.1. The lowest BCUT2D eigenvalue weighted by atomic mass is 9.88. The number of carbonyl (C=O) groups is 1. The van der Waals surface area contributed by atoms with Crippen molar-refractivity contribution in [3.8, 4) is 0 Å². The zero-order chi connectivity index (χ0) is 21.7. The van der Waals surface area contributed by atoms with Crippen LogP contribution in [0.5, 0.6) is 0 Å². The lowest BCUT2D eigenvalue weighted by Gasteiger charge is -2.23. The van der Waals surface area contributed by atoms with Gasteiger partial charge in [0.05, 0.1) is 24.9 Å². The van der Waals surface area contributed by atoms with Gasteiger partial charge in [-0.3, -0.25) is 4.79 Å². The molecule has 0 spiro atoms. The van der Waals surface area contributed by atoms with Crippen molar-refractivity contribution in [3.05, 3.63) is 24.3 Å². The Morgan fingerprint density at radius 3 is 2.55 bits per heavy atom. The van der Waals surface area contributed by atoms with Crippen molar-refractivity contribution in [2.75, 3.05) is 7.11 Å². The van der Waals surface area contributed by atoms with Crippen LogP contribution >= 0.6 is 0 Å². The average Bonchev–Trinajstić information content (AvgIpc) is 2.94. The van der Waals surface area contributed by atoms with E-state index < -0.39 is 17.8 Å². The van der Waals surface area contributed by atoms with Gasteiger partial charge in [-0.1, -0.05) is 56.9 Å². The number of hydrogen-bond donors (Lipinski definition) is 3. The summed E-state index contributed by atoms with van der Waals surface area (Å²) < 4.78 is 4.63. The van der Waals surface area contributed by atoms with Gasteiger partial charge in [0.2, 0.25) is 0 Å². The van der Waals surface area contributed by atoms with Crippen molar-refractivity contribution >= 4 is 5.97 Å². The van der Waals surface area contributed by atoms with Crippen LogP contribution in [0, 0.1) is 11.8 Å².